The number of benzene rings is 3. The van der Waals surface area contributed by atoms with Crippen LogP contribution in [-0.2, 0) is 12.8 Å². The van der Waals surface area contributed by atoms with E-state index in [9.17, 15) is 0 Å². The van der Waals surface area contributed by atoms with E-state index in [0.717, 1.165) is 24.8 Å². The highest BCUT2D eigenvalue weighted by molar-refractivity contribution is 6.29. The zero-order valence-corrected chi connectivity index (χ0v) is 14.0. The minimum atomic E-state index is 0.445. The Balaban J connectivity index is 1.70. The Bertz CT molecular complexity index is 1060. The average molecular weight is 333 g/mol. The number of aryl methyl sites for hydroxylation is 1. The summed E-state index contributed by atoms with van der Waals surface area (Å²) in [5.74, 6) is 0.445. The van der Waals surface area contributed by atoms with Gasteiger partial charge in [0.1, 0.15) is 0 Å². The number of rotatable bonds is 1. The van der Waals surface area contributed by atoms with Crippen molar-refractivity contribution in [2.75, 3.05) is 0 Å². The van der Waals surface area contributed by atoms with E-state index in [-0.39, 0.29) is 0 Å². The first kappa shape index (κ1) is 14.1. The van der Waals surface area contributed by atoms with E-state index in [4.69, 9.17) is 16.0 Å². The van der Waals surface area contributed by atoms with Crippen LogP contribution in [0.25, 0.3) is 21.5 Å². The molecule has 5 rings (SSSR count). The molecule has 118 valence electrons. The predicted molar refractivity (Wildman–Crippen MR) is 99.9 cm³/mol. The molecule has 1 aliphatic rings. The number of hydrogen-bond donors (Lipinski definition) is 0. The zero-order valence-electron chi connectivity index (χ0n) is 13.3. The van der Waals surface area contributed by atoms with Crippen LogP contribution in [0.4, 0.5) is 0 Å². The molecule has 1 aliphatic carbocycles. The molecular weight excluding hydrogens is 316 g/mol. The Hall–Kier alpha value is -2.25. The summed E-state index contributed by atoms with van der Waals surface area (Å²) in [4.78, 5) is 0. The molecule has 1 heterocycles. The molecule has 24 heavy (non-hydrogen) atoms. The second-order valence-corrected chi connectivity index (χ2v) is 7.02. The molecule has 1 aromatic heterocycles. The van der Waals surface area contributed by atoms with Crippen LogP contribution >= 0.6 is 11.6 Å². The summed E-state index contributed by atoms with van der Waals surface area (Å²) in [7, 11) is 0. The van der Waals surface area contributed by atoms with Gasteiger partial charge in [-0.05, 0) is 75.5 Å². The molecule has 0 bridgehead atoms. The Kier molecular flexibility index (Phi) is 3.17. The van der Waals surface area contributed by atoms with Gasteiger partial charge in [-0.15, -0.1) is 0 Å². The van der Waals surface area contributed by atoms with Crippen molar-refractivity contribution >= 4 is 33.1 Å². The first-order valence-corrected chi connectivity index (χ1v) is 8.84. The van der Waals surface area contributed by atoms with Crippen LogP contribution in [0.15, 0.2) is 65.3 Å². The fourth-order valence-electron chi connectivity index (χ4n) is 4.21. The molecule has 0 fully saturated rings. The van der Waals surface area contributed by atoms with Crippen LogP contribution in [0.5, 0.6) is 0 Å². The lowest BCUT2D eigenvalue weighted by molar-refractivity contribution is 0.545. The minimum absolute atomic E-state index is 0.445. The Labute approximate surface area is 145 Å². The lowest BCUT2D eigenvalue weighted by Crippen LogP contribution is -2.13. The average Bonchev–Trinajstić information content (AvgIpc) is 3.06. The van der Waals surface area contributed by atoms with Gasteiger partial charge in [0.25, 0.3) is 0 Å². The van der Waals surface area contributed by atoms with Gasteiger partial charge >= 0.3 is 0 Å². The Morgan fingerprint density at radius 2 is 1.75 bits per heavy atom. The fourth-order valence-corrected chi connectivity index (χ4v) is 4.48. The van der Waals surface area contributed by atoms with Gasteiger partial charge in [0.05, 0.1) is 6.26 Å². The maximum Gasteiger partial charge on any atom is 0.196 e. The molecule has 2 heteroatoms. The summed E-state index contributed by atoms with van der Waals surface area (Å²) in [6.45, 7) is 0. The summed E-state index contributed by atoms with van der Waals surface area (Å²) in [5.41, 5.74) is 4.11. The topological polar surface area (TPSA) is 13.1 Å². The number of fused-ring (bicyclic) bond motifs is 5. The Morgan fingerprint density at radius 3 is 2.62 bits per heavy atom. The molecule has 0 saturated carbocycles. The lowest BCUT2D eigenvalue weighted by Gasteiger charge is -2.26. The molecule has 0 saturated heterocycles. The molecule has 0 aliphatic heterocycles. The number of hydrogen-bond acceptors (Lipinski definition) is 1. The highest BCUT2D eigenvalue weighted by atomic mass is 35.5. The van der Waals surface area contributed by atoms with E-state index >= 15 is 0 Å². The second kappa shape index (κ2) is 5.39. The van der Waals surface area contributed by atoms with Crippen molar-refractivity contribution in [2.45, 2.75) is 25.2 Å². The first-order chi connectivity index (χ1) is 11.8. The summed E-state index contributed by atoms with van der Waals surface area (Å²) in [6.07, 6.45) is 4.96. The minimum Gasteiger partial charge on any atom is -0.453 e. The van der Waals surface area contributed by atoms with Crippen LogP contribution in [0.2, 0.25) is 5.22 Å². The summed E-state index contributed by atoms with van der Waals surface area (Å²) < 4.78 is 5.32. The van der Waals surface area contributed by atoms with Crippen molar-refractivity contribution < 1.29 is 4.42 Å². The van der Waals surface area contributed by atoms with Crippen molar-refractivity contribution in [3.63, 3.8) is 0 Å². The van der Waals surface area contributed by atoms with Gasteiger partial charge in [-0.2, -0.15) is 0 Å². The van der Waals surface area contributed by atoms with Gasteiger partial charge in [-0.3, -0.25) is 0 Å². The van der Waals surface area contributed by atoms with Gasteiger partial charge in [0, 0.05) is 5.56 Å². The van der Waals surface area contributed by atoms with Gasteiger partial charge < -0.3 is 4.42 Å². The van der Waals surface area contributed by atoms with Crippen LogP contribution in [0, 0.1) is 0 Å². The number of halogens is 1. The molecular formula is C22H17ClO. The van der Waals surface area contributed by atoms with Crippen molar-refractivity contribution in [1.29, 1.82) is 0 Å². The maximum atomic E-state index is 6.23. The third-order valence-electron chi connectivity index (χ3n) is 5.43. The molecule has 0 N–H and O–H groups in total. The third-order valence-corrected chi connectivity index (χ3v) is 5.74. The standard InChI is InChI=1S/C22H17ClO/c23-22-18(11-12-24-22)16-6-5-15-8-9-19-17-4-2-1-3-14(17)7-10-20(19)21(15)13-16/h1-4,7-12,16H,5-6,13H2. The van der Waals surface area contributed by atoms with Crippen molar-refractivity contribution in [1.82, 2.24) is 0 Å². The van der Waals surface area contributed by atoms with Gasteiger partial charge in [-0.25, -0.2) is 0 Å². The zero-order chi connectivity index (χ0) is 16.1. The monoisotopic (exact) mass is 332 g/mol. The lowest BCUT2D eigenvalue weighted by atomic mass is 9.78. The normalized spacial score (nSPS) is 17.3. The van der Waals surface area contributed by atoms with Gasteiger partial charge in [0.2, 0.25) is 0 Å². The van der Waals surface area contributed by atoms with E-state index < -0.39 is 0 Å². The van der Waals surface area contributed by atoms with E-state index in [1.165, 1.54) is 32.7 Å². The third kappa shape index (κ3) is 2.08. The SMILES string of the molecule is Clc1occc1C1CCc2ccc3c(ccc4ccccc43)c2C1. The predicted octanol–water partition coefficient (Wildman–Crippen LogP) is 6.51. The van der Waals surface area contributed by atoms with E-state index in [1.54, 1.807) is 6.26 Å². The molecule has 1 unspecified atom stereocenters. The van der Waals surface area contributed by atoms with E-state index in [2.05, 4.69) is 48.5 Å². The van der Waals surface area contributed by atoms with E-state index in [1.807, 2.05) is 6.07 Å². The van der Waals surface area contributed by atoms with Crippen molar-refractivity contribution in [2.24, 2.45) is 0 Å². The molecule has 4 aromatic rings. The smallest absolute Gasteiger partial charge is 0.196 e. The molecule has 3 aromatic carbocycles. The molecule has 0 spiro atoms. The Morgan fingerprint density at radius 1 is 0.875 bits per heavy atom. The summed E-state index contributed by atoms with van der Waals surface area (Å²) >= 11 is 6.23. The number of furan rings is 1. The highest BCUT2D eigenvalue weighted by Gasteiger charge is 2.24. The maximum absolute atomic E-state index is 6.23. The van der Waals surface area contributed by atoms with Crippen LogP contribution in [0.3, 0.4) is 0 Å². The van der Waals surface area contributed by atoms with Crippen LogP contribution in [-0.4, -0.2) is 0 Å². The second-order valence-electron chi connectivity index (χ2n) is 6.67. The molecule has 1 nitrogen and oxygen atoms in total. The molecule has 1 atom stereocenters. The summed E-state index contributed by atoms with van der Waals surface area (Å²) in [5, 5.41) is 5.92. The highest BCUT2D eigenvalue weighted by Crippen LogP contribution is 2.40. The van der Waals surface area contributed by atoms with Crippen LogP contribution < -0.4 is 0 Å². The first-order valence-electron chi connectivity index (χ1n) is 8.46. The molecule has 0 amide bonds. The van der Waals surface area contributed by atoms with Gasteiger partial charge in [0.15, 0.2) is 5.22 Å². The molecule has 0 radical (unpaired) electrons. The van der Waals surface area contributed by atoms with Crippen molar-refractivity contribution in [3.8, 4) is 0 Å². The largest absolute Gasteiger partial charge is 0.453 e. The van der Waals surface area contributed by atoms with E-state index in [0.29, 0.717) is 11.1 Å². The fraction of sp³-hybridized carbons (Fsp3) is 0.182. The van der Waals surface area contributed by atoms with Gasteiger partial charge in [-0.1, -0.05) is 48.5 Å². The van der Waals surface area contributed by atoms with Crippen molar-refractivity contribution in [3.05, 3.63) is 82.8 Å². The van der Waals surface area contributed by atoms with Crippen LogP contribution in [0.1, 0.15) is 29.0 Å². The quantitative estimate of drug-likeness (QED) is 0.362. The summed E-state index contributed by atoms with van der Waals surface area (Å²) in [6, 6.07) is 19.8.